The number of carbonyl (C=O) groups is 1. The van der Waals surface area contributed by atoms with Gasteiger partial charge in [0.25, 0.3) is 0 Å². The SMILES string of the molecule is CCC1(CNC(=O)C2NCC3CCCC32)CCCC1. The van der Waals surface area contributed by atoms with Crippen molar-refractivity contribution in [2.75, 3.05) is 13.1 Å². The molecule has 108 valence electrons. The molecule has 2 N–H and O–H groups in total. The topological polar surface area (TPSA) is 41.1 Å². The predicted octanol–water partition coefficient (Wildman–Crippen LogP) is 2.46. The van der Waals surface area contributed by atoms with E-state index in [1.54, 1.807) is 0 Å². The van der Waals surface area contributed by atoms with Crippen LogP contribution in [0.4, 0.5) is 0 Å². The van der Waals surface area contributed by atoms with Gasteiger partial charge in [-0.3, -0.25) is 4.79 Å². The molecule has 1 heterocycles. The highest BCUT2D eigenvalue weighted by molar-refractivity contribution is 5.82. The van der Waals surface area contributed by atoms with Gasteiger partial charge in [-0.05, 0) is 55.9 Å². The van der Waals surface area contributed by atoms with Gasteiger partial charge in [-0.15, -0.1) is 0 Å². The number of amides is 1. The highest BCUT2D eigenvalue weighted by Gasteiger charge is 2.43. The van der Waals surface area contributed by atoms with Crippen LogP contribution in [0.1, 0.15) is 58.3 Å². The minimum Gasteiger partial charge on any atom is -0.354 e. The van der Waals surface area contributed by atoms with Gasteiger partial charge in [0.2, 0.25) is 5.91 Å². The molecule has 2 saturated carbocycles. The molecule has 1 saturated heterocycles. The highest BCUT2D eigenvalue weighted by Crippen LogP contribution is 2.41. The Hall–Kier alpha value is -0.570. The first-order valence-electron chi connectivity index (χ1n) is 8.25. The van der Waals surface area contributed by atoms with Crippen LogP contribution in [0.3, 0.4) is 0 Å². The Labute approximate surface area is 116 Å². The van der Waals surface area contributed by atoms with Crippen molar-refractivity contribution in [2.45, 2.75) is 64.3 Å². The first-order valence-corrected chi connectivity index (χ1v) is 8.25. The number of fused-ring (bicyclic) bond motifs is 1. The monoisotopic (exact) mass is 264 g/mol. The third-order valence-corrected chi connectivity index (χ3v) is 6.08. The maximum absolute atomic E-state index is 12.4. The van der Waals surface area contributed by atoms with E-state index in [0.717, 1.165) is 19.0 Å². The fourth-order valence-electron chi connectivity index (χ4n) is 4.64. The molecule has 0 radical (unpaired) electrons. The lowest BCUT2D eigenvalue weighted by atomic mass is 9.83. The van der Waals surface area contributed by atoms with E-state index in [2.05, 4.69) is 17.6 Å². The van der Waals surface area contributed by atoms with Crippen molar-refractivity contribution in [3.05, 3.63) is 0 Å². The molecule has 3 fully saturated rings. The van der Waals surface area contributed by atoms with Crippen LogP contribution >= 0.6 is 0 Å². The van der Waals surface area contributed by atoms with E-state index >= 15 is 0 Å². The molecule has 1 amide bonds. The molecule has 3 atom stereocenters. The smallest absolute Gasteiger partial charge is 0.237 e. The molecule has 3 nitrogen and oxygen atoms in total. The molecule has 3 aliphatic rings. The number of nitrogens with one attached hydrogen (secondary N) is 2. The Kier molecular flexibility index (Phi) is 3.84. The van der Waals surface area contributed by atoms with Crippen molar-refractivity contribution >= 4 is 5.91 Å². The third-order valence-electron chi connectivity index (χ3n) is 6.08. The van der Waals surface area contributed by atoms with E-state index in [1.807, 2.05) is 0 Å². The quantitative estimate of drug-likeness (QED) is 0.819. The second-order valence-electron chi connectivity index (χ2n) is 7.02. The lowest BCUT2D eigenvalue weighted by Gasteiger charge is -2.29. The Morgan fingerprint density at radius 2 is 2.05 bits per heavy atom. The summed E-state index contributed by atoms with van der Waals surface area (Å²) in [5.41, 5.74) is 0.406. The Bertz CT molecular complexity index is 336. The fourth-order valence-corrected chi connectivity index (χ4v) is 4.64. The second kappa shape index (κ2) is 5.43. The van der Waals surface area contributed by atoms with Gasteiger partial charge < -0.3 is 10.6 Å². The number of rotatable bonds is 4. The van der Waals surface area contributed by atoms with Crippen molar-refractivity contribution in [3.63, 3.8) is 0 Å². The Balaban J connectivity index is 1.54. The van der Waals surface area contributed by atoms with Gasteiger partial charge >= 0.3 is 0 Å². The zero-order chi connectivity index (χ0) is 13.3. The molecule has 0 aromatic carbocycles. The summed E-state index contributed by atoms with van der Waals surface area (Å²) in [4.78, 5) is 12.4. The minimum atomic E-state index is 0.0998. The molecular formula is C16H28N2O. The van der Waals surface area contributed by atoms with Gasteiger partial charge in [-0.2, -0.15) is 0 Å². The molecular weight excluding hydrogens is 236 g/mol. The molecule has 1 aliphatic heterocycles. The van der Waals surface area contributed by atoms with Gasteiger partial charge in [0, 0.05) is 6.54 Å². The molecule has 0 bridgehead atoms. The highest BCUT2D eigenvalue weighted by atomic mass is 16.2. The molecule has 3 rings (SSSR count). The molecule has 0 aromatic rings. The normalized spacial score (nSPS) is 36.4. The zero-order valence-corrected chi connectivity index (χ0v) is 12.2. The number of carbonyl (C=O) groups excluding carboxylic acids is 1. The second-order valence-corrected chi connectivity index (χ2v) is 7.02. The lowest BCUT2D eigenvalue weighted by molar-refractivity contribution is -0.124. The standard InChI is InChI=1S/C16H28N2O/c1-2-16(8-3-4-9-16)11-18-15(19)14-13-7-5-6-12(13)10-17-14/h12-14,17H,2-11H2,1H3,(H,18,19). The molecule has 0 aromatic heterocycles. The van der Waals surface area contributed by atoms with Crippen LogP contribution in [-0.4, -0.2) is 25.0 Å². The van der Waals surface area contributed by atoms with Crippen LogP contribution in [0.5, 0.6) is 0 Å². The van der Waals surface area contributed by atoms with E-state index in [9.17, 15) is 4.79 Å². The molecule has 3 unspecified atom stereocenters. The third kappa shape index (κ3) is 2.54. The number of hydrogen-bond donors (Lipinski definition) is 2. The summed E-state index contributed by atoms with van der Waals surface area (Å²) in [5, 5.41) is 6.72. The average Bonchev–Trinajstić information content (AvgIpc) is 3.12. The van der Waals surface area contributed by atoms with Gasteiger partial charge in [0.15, 0.2) is 0 Å². The van der Waals surface area contributed by atoms with E-state index in [4.69, 9.17) is 0 Å². The van der Waals surface area contributed by atoms with Crippen molar-refractivity contribution in [2.24, 2.45) is 17.3 Å². The Morgan fingerprint density at radius 3 is 2.79 bits per heavy atom. The van der Waals surface area contributed by atoms with Gasteiger partial charge in [-0.25, -0.2) is 0 Å². The van der Waals surface area contributed by atoms with Crippen LogP contribution in [0.15, 0.2) is 0 Å². The molecule has 19 heavy (non-hydrogen) atoms. The number of hydrogen-bond acceptors (Lipinski definition) is 2. The largest absolute Gasteiger partial charge is 0.354 e. The van der Waals surface area contributed by atoms with Gasteiger partial charge in [0.05, 0.1) is 6.04 Å². The lowest BCUT2D eigenvalue weighted by Crippen LogP contribution is -2.47. The van der Waals surface area contributed by atoms with Crippen molar-refractivity contribution < 1.29 is 4.79 Å². The molecule has 2 aliphatic carbocycles. The molecule has 3 heteroatoms. The summed E-state index contributed by atoms with van der Waals surface area (Å²) >= 11 is 0. The summed E-state index contributed by atoms with van der Waals surface area (Å²) in [7, 11) is 0. The van der Waals surface area contributed by atoms with E-state index in [-0.39, 0.29) is 11.9 Å². The van der Waals surface area contributed by atoms with Crippen molar-refractivity contribution in [1.29, 1.82) is 0 Å². The van der Waals surface area contributed by atoms with E-state index < -0.39 is 0 Å². The minimum absolute atomic E-state index is 0.0998. The average molecular weight is 264 g/mol. The van der Waals surface area contributed by atoms with Crippen LogP contribution in [0.2, 0.25) is 0 Å². The van der Waals surface area contributed by atoms with Gasteiger partial charge in [0.1, 0.15) is 0 Å². The fraction of sp³-hybridized carbons (Fsp3) is 0.938. The summed E-state index contributed by atoms with van der Waals surface area (Å²) in [6.07, 6.45) is 10.4. The van der Waals surface area contributed by atoms with Gasteiger partial charge in [-0.1, -0.05) is 26.2 Å². The van der Waals surface area contributed by atoms with Crippen molar-refractivity contribution in [1.82, 2.24) is 10.6 Å². The maximum atomic E-state index is 12.4. The summed E-state index contributed by atoms with van der Waals surface area (Å²) in [6, 6.07) is 0.0998. The summed E-state index contributed by atoms with van der Waals surface area (Å²) in [6.45, 7) is 4.23. The first-order chi connectivity index (χ1) is 9.24. The van der Waals surface area contributed by atoms with E-state index in [1.165, 1.54) is 51.4 Å². The summed E-state index contributed by atoms with van der Waals surface area (Å²) in [5.74, 6) is 1.65. The van der Waals surface area contributed by atoms with Crippen molar-refractivity contribution in [3.8, 4) is 0 Å². The summed E-state index contributed by atoms with van der Waals surface area (Å²) < 4.78 is 0. The maximum Gasteiger partial charge on any atom is 0.237 e. The van der Waals surface area contributed by atoms with E-state index in [0.29, 0.717) is 11.3 Å². The Morgan fingerprint density at radius 1 is 1.26 bits per heavy atom. The predicted molar refractivity (Wildman–Crippen MR) is 76.8 cm³/mol. The van der Waals surface area contributed by atoms with Crippen LogP contribution in [0, 0.1) is 17.3 Å². The molecule has 0 spiro atoms. The first kappa shape index (κ1) is 13.4. The van der Waals surface area contributed by atoms with Crippen LogP contribution in [0.25, 0.3) is 0 Å². The van der Waals surface area contributed by atoms with Crippen LogP contribution < -0.4 is 10.6 Å². The van der Waals surface area contributed by atoms with Crippen LogP contribution in [-0.2, 0) is 4.79 Å². The zero-order valence-electron chi connectivity index (χ0n) is 12.2.